The second kappa shape index (κ2) is 6.76. The zero-order valence-corrected chi connectivity index (χ0v) is 12.2. The van der Waals surface area contributed by atoms with Crippen molar-refractivity contribution in [3.05, 3.63) is 34.3 Å². The minimum Gasteiger partial charge on any atom is -0.345 e. The van der Waals surface area contributed by atoms with Gasteiger partial charge in [0.15, 0.2) is 0 Å². The Balaban J connectivity index is 2.57. The maximum atomic E-state index is 11.9. The number of nitrogens with one attached hydrogen (secondary N) is 1. The summed E-state index contributed by atoms with van der Waals surface area (Å²) in [6.07, 6.45) is 0. The maximum Gasteiger partial charge on any atom is 0.239 e. The molecule has 0 aromatic heterocycles. The minimum atomic E-state index is -0.202. The molecule has 0 saturated carbocycles. The summed E-state index contributed by atoms with van der Waals surface area (Å²) < 4.78 is 0. The van der Waals surface area contributed by atoms with Gasteiger partial charge in [0.25, 0.3) is 0 Å². The molecular formula is C14H21ClN2O. The Kier molecular flexibility index (Phi) is 5.63. The summed E-state index contributed by atoms with van der Waals surface area (Å²) in [5.74, 6) is 0.0979. The average molecular weight is 269 g/mol. The summed E-state index contributed by atoms with van der Waals surface area (Å²) in [6.45, 7) is 7.16. The van der Waals surface area contributed by atoms with E-state index in [1.165, 1.54) is 0 Å². The third kappa shape index (κ3) is 4.00. The number of likely N-dealkylation sites (N-methyl/N-ethyl adjacent to an activating group) is 1. The summed E-state index contributed by atoms with van der Waals surface area (Å²) in [6, 6.07) is 5.75. The van der Waals surface area contributed by atoms with E-state index in [-0.39, 0.29) is 11.9 Å². The lowest BCUT2D eigenvalue weighted by Crippen LogP contribution is -2.42. The van der Waals surface area contributed by atoms with E-state index in [2.05, 4.69) is 5.32 Å². The molecule has 0 spiro atoms. The number of aryl methyl sites for hydroxylation is 1. The number of benzene rings is 1. The van der Waals surface area contributed by atoms with Gasteiger partial charge in [-0.15, -0.1) is 0 Å². The number of carbonyl (C=O) groups excluding carboxylic acids is 1. The fourth-order valence-electron chi connectivity index (χ4n) is 1.63. The van der Waals surface area contributed by atoms with Gasteiger partial charge in [0.2, 0.25) is 5.91 Å². The van der Waals surface area contributed by atoms with Crippen LogP contribution in [-0.4, -0.2) is 30.4 Å². The zero-order valence-electron chi connectivity index (χ0n) is 11.5. The highest BCUT2D eigenvalue weighted by molar-refractivity contribution is 6.31. The predicted molar refractivity (Wildman–Crippen MR) is 75.8 cm³/mol. The first-order valence-corrected chi connectivity index (χ1v) is 6.57. The van der Waals surface area contributed by atoms with Crippen LogP contribution in [0.15, 0.2) is 18.2 Å². The smallest absolute Gasteiger partial charge is 0.239 e. The van der Waals surface area contributed by atoms with E-state index in [0.29, 0.717) is 6.54 Å². The molecule has 0 aliphatic rings. The van der Waals surface area contributed by atoms with Crippen LogP contribution < -0.4 is 5.32 Å². The molecule has 1 N–H and O–H groups in total. The van der Waals surface area contributed by atoms with E-state index in [1.807, 2.05) is 39.0 Å². The topological polar surface area (TPSA) is 32.3 Å². The third-order valence-electron chi connectivity index (χ3n) is 3.03. The molecular weight excluding hydrogens is 248 g/mol. The first-order chi connectivity index (χ1) is 8.45. The summed E-state index contributed by atoms with van der Waals surface area (Å²) >= 11 is 6.15. The lowest BCUT2D eigenvalue weighted by Gasteiger charge is -2.20. The Morgan fingerprint density at radius 1 is 1.50 bits per heavy atom. The summed E-state index contributed by atoms with van der Waals surface area (Å²) in [4.78, 5) is 13.6. The number of hydrogen-bond acceptors (Lipinski definition) is 2. The van der Waals surface area contributed by atoms with Gasteiger partial charge in [-0.2, -0.15) is 0 Å². The Hall–Kier alpha value is -1.06. The molecule has 0 heterocycles. The first-order valence-electron chi connectivity index (χ1n) is 6.19. The van der Waals surface area contributed by atoms with Crippen molar-refractivity contribution >= 4 is 17.5 Å². The molecule has 0 fully saturated rings. The lowest BCUT2D eigenvalue weighted by atomic mass is 10.1. The normalized spacial score (nSPS) is 12.3. The number of halogens is 1. The van der Waals surface area contributed by atoms with Crippen LogP contribution in [0.1, 0.15) is 25.0 Å². The van der Waals surface area contributed by atoms with Crippen LogP contribution in [0.3, 0.4) is 0 Å². The molecule has 0 aliphatic heterocycles. The highest BCUT2D eigenvalue weighted by atomic mass is 35.5. The monoisotopic (exact) mass is 268 g/mol. The van der Waals surface area contributed by atoms with Gasteiger partial charge in [-0.1, -0.05) is 23.7 Å². The number of nitrogens with zero attached hydrogens (tertiary/aromatic N) is 1. The van der Waals surface area contributed by atoms with Gasteiger partial charge in [-0.05, 0) is 38.0 Å². The van der Waals surface area contributed by atoms with Gasteiger partial charge in [0.05, 0.1) is 6.04 Å². The highest BCUT2D eigenvalue weighted by Crippen LogP contribution is 2.17. The minimum absolute atomic E-state index is 0.0979. The lowest BCUT2D eigenvalue weighted by molar-refractivity contribution is -0.131. The van der Waals surface area contributed by atoms with E-state index in [9.17, 15) is 4.79 Å². The molecule has 4 heteroatoms. The molecule has 1 unspecified atom stereocenters. The fraction of sp³-hybridized carbons (Fsp3) is 0.500. The Morgan fingerprint density at radius 3 is 2.72 bits per heavy atom. The largest absolute Gasteiger partial charge is 0.345 e. The molecule has 1 amide bonds. The van der Waals surface area contributed by atoms with Crippen molar-refractivity contribution in [2.24, 2.45) is 0 Å². The third-order valence-corrected chi connectivity index (χ3v) is 3.38. The van der Waals surface area contributed by atoms with Crippen molar-refractivity contribution in [3.63, 3.8) is 0 Å². The van der Waals surface area contributed by atoms with Gasteiger partial charge in [0.1, 0.15) is 0 Å². The summed E-state index contributed by atoms with van der Waals surface area (Å²) in [5, 5.41) is 3.94. The quantitative estimate of drug-likeness (QED) is 0.890. The second-order valence-corrected chi connectivity index (χ2v) is 4.96. The van der Waals surface area contributed by atoms with Gasteiger partial charge in [0, 0.05) is 25.2 Å². The van der Waals surface area contributed by atoms with Gasteiger partial charge >= 0.3 is 0 Å². The molecule has 0 bridgehead atoms. The fourth-order valence-corrected chi connectivity index (χ4v) is 1.93. The zero-order chi connectivity index (χ0) is 13.7. The second-order valence-electron chi connectivity index (χ2n) is 4.55. The summed E-state index contributed by atoms with van der Waals surface area (Å²) in [7, 11) is 1.80. The predicted octanol–water partition coefficient (Wildman–Crippen LogP) is 2.60. The number of carbonyl (C=O) groups is 1. The van der Waals surface area contributed by atoms with E-state index >= 15 is 0 Å². The average Bonchev–Trinajstić information content (AvgIpc) is 2.35. The van der Waals surface area contributed by atoms with Gasteiger partial charge in [-0.3, -0.25) is 4.79 Å². The Morgan fingerprint density at radius 2 is 2.17 bits per heavy atom. The molecule has 1 atom stereocenters. The first kappa shape index (κ1) is 15.0. The molecule has 1 aromatic carbocycles. The summed E-state index contributed by atoms with van der Waals surface area (Å²) in [5.41, 5.74) is 2.15. The van der Waals surface area contributed by atoms with Crippen LogP contribution in [0.25, 0.3) is 0 Å². The Labute approximate surface area is 114 Å². The van der Waals surface area contributed by atoms with Crippen molar-refractivity contribution in [2.45, 2.75) is 33.4 Å². The van der Waals surface area contributed by atoms with E-state index in [1.54, 1.807) is 11.9 Å². The molecule has 100 valence electrons. The van der Waals surface area contributed by atoms with Crippen LogP contribution in [0.2, 0.25) is 5.02 Å². The van der Waals surface area contributed by atoms with Crippen LogP contribution in [-0.2, 0) is 11.3 Å². The van der Waals surface area contributed by atoms with Crippen LogP contribution >= 0.6 is 11.6 Å². The van der Waals surface area contributed by atoms with Crippen molar-refractivity contribution in [1.29, 1.82) is 0 Å². The standard InChI is InChI=1S/C14H21ClN2O/c1-5-17(4)14(18)11(3)16-9-12-7-6-10(2)8-13(12)15/h6-8,11,16H,5,9H2,1-4H3. The Bertz CT molecular complexity index is 420. The molecule has 0 saturated heterocycles. The number of rotatable bonds is 5. The van der Waals surface area contributed by atoms with Crippen LogP contribution in [0, 0.1) is 6.92 Å². The van der Waals surface area contributed by atoms with E-state index in [0.717, 1.165) is 22.7 Å². The molecule has 0 radical (unpaired) electrons. The van der Waals surface area contributed by atoms with Gasteiger partial charge in [-0.25, -0.2) is 0 Å². The SMILES string of the molecule is CCN(C)C(=O)C(C)NCc1ccc(C)cc1Cl. The molecule has 1 rings (SSSR count). The number of hydrogen-bond donors (Lipinski definition) is 1. The molecule has 18 heavy (non-hydrogen) atoms. The van der Waals surface area contributed by atoms with E-state index < -0.39 is 0 Å². The van der Waals surface area contributed by atoms with Crippen molar-refractivity contribution < 1.29 is 4.79 Å². The van der Waals surface area contributed by atoms with Crippen LogP contribution in [0.4, 0.5) is 0 Å². The molecule has 3 nitrogen and oxygen atoms in total. The number of amides is 1. The van der Waals surface area contributed by atoms with Crippen molar-refractivity contribution in [2.75, 3.05) is 13.6 Å². The van der Waals surface area contributed by atoms with E-state index in [4.69, 9.17) is 11.6 Å². The molecule has 0 aliphatic carbocycles. The molecule has 1 aromatic rings. The van der Waals surface area contributed by atoms with Crippen molar-refractivity contribution in [3.8, 4) is 0 Å². The maximum absolute atomic E-state index is 11.9. The highest BCUT2D eigenvalue weighted by Gasteiger charge is 2.15. The van der Waals surface area contributed by atoms with Crippen molar-refractivity contribution in [1.82, 2.24) is 10.2 Å². The van der Waals surface area contributed by atoms with Gasteiger partial charge < -0.3 is 10.2 Å². The van der Waals surface area contributed by atoms with Crippen LogP contribution in [0.5, 0.6) is 0 Å².